The minimum Gasteiger partial charge on any atom is -0.309 e. The molecular weight excluding hydrogens is 657 g/mol. The molecule has 7 aromatic carbocycles. The number of hydrogen-bond acceptors (Lipinski definition) is 3. The van der Waals surface area contributed by atoms with Crippen LogP contribution in [-0.2, 0) is 5.41 Å². The van der Waals surface area contributed by atoms with E-state index in [0.29, 0.717) is 17.5 Å². The van der Waals surface area contributed by atoms with Gasteiger partial charge in [-0.25, -0.2) is 15.0 Å². The Morgan fingerprint density at radius 3 is 1.54 bits per heavy atom. The molecule has 260 valence electrons. The molecule has 0 saturated carbocycles. The summed E-state index contributed by atoms with van der Waals surface area (Å²) in [6.45, 7) is 8.68. The highest BCUT2D eigenvalue weighted by molar-refractivity contribution is 6.10. The zero-order chi connectivity index (χ0) is 36.8. The van der Waals surface area contributed by atoms with E-state index in [4.69, 9.17) is 15.0 Å². The second-order valence-corrected chi connectivity index (χ2v) is 14.1. The summed E-state index contributed by atoms with van der Waals surface area (Å²) in [6.07, 6.45) is 0. The van der Waals surface area contributed by atoms with Crippen LogP contribution in [0.3, 0.4) is 0 Å². The first-order valence-electron chi connectivity index (χ1n) is 18.8. The average Bonchev–Trinajstić information content (AvgIpc) is 3.70. The Kier molecular flexibility index (Phi) is 8.24. The largest absolute Gasteiger partial charge is 0.309 e. The molecule has 10 rings (SSSR count). The predicted molar refractivity (Wildman–Crippen MR) is 225 cm³/mol. The van der Waals surface area contributed by atoms with Crippen LogP contribution >= 0.6 is 0 Å². The molecule has 2 heterocycles. The van der Waals surface area contributed by atoms with Crippen molar-refractivity contribution < 1.29 is 0 Å². The Morgan fingerprint density at radius 1 is 0.389 bits per heavy atom. The van der Waals surface area contributed by atoms with Crippen molar-refractivity contribution in [2.45, 2.75) is 33.1 Å². The van der Waals surface area contributed by atoms with E-state index >= 15 is 0 Å². The molecule has 54 heavy (non-hydrogen) atoms. The summed E-state index contributed by atoms with van der Waals surface area (Å²) in [6, 6.07) is 60.2. The lowest BCUT2D eigenvalue weighted by Crippen LogP contribution is -2.14. The third-order valence-corrected chi connectivity index (χ3v) is 10.7. The molecule has 4 nitrogen and oxygen atoms in total. The first-order chi connectivity index (χ1) is 26.5. The Hall–Kier alpha value is -6.65. The number of hydrogen-bond donors (Lipinski definition) is 0. The maximum Gasteiger partial charge on any atom is 0.164 e. The van der Waals surface area contributed by atoms with Gasteiger partial charge in [0, 0.05) is 38.6 Å². The van der Waals surface area contributed by atoms with Crippen LogP contribution in [0.25, 0.3) is 83.9 Å². The number of benzene rings is 7. The standard InChI is InChI=1S/C48H34N4.C2H6/c1-48(2)41-19-11-9-17-37(41)38-27-23-35(30-42(38)48)34-24-28-44-40(29-34)39-18-10-12-20-43(39)52(44)36-25-21-33(22-26-36)47-50-45(31-13-5-3-6-14-31)49-46(51-47)32-15-7-4-8-16-32;1-2/h3-30H,1-2H3;1-2H3. The second kappa shape index (κ2) is 13.4. The Morgan fingerprint density at radius 2 is 0.870 bits per heavy atom. The summed E-state index contributed by atoms with van der Waals surface area (Å²) in [5.41, 5.74) is 14.2. The van der Waals surface area contributed by atoms with Crippen molar-refractivity contribution in [2.75, 3.05) is 0 Å². The molecule has 0 bridgehead atoms. The van der Waals surface area contributed by atoms with Gasteiger partial charge in [0.1, 0.15) is 0 Å². The zero-order valence-corrected chi connectivity index (χ0v) is 31.0. The van der Waals surface area contributed by atoms with Crippen LogP contribution in [0.4, 0.5) is 0 Å². The Labute approximate surface area is 316 Å². The van der Waals surface area contributed by atoms with Gasteiger partial charge in [0.05, 0.1) is 11.0 Å². The summed E-state index contributed by atoms with van der Waals surface area (Å²) < 4.78 is 2.36. The first kappa shape index (κ1) is 33.2. The van der Waals surface area contributed by atoms with E-state index < -0.39 is 0 Å². The van der Waals surface area contributed by atoms with E-state index in [-0.39, 0.29) is 5.41 Å². The minimum atomic E-state index is -0.0399. The third-order valence-electron chi connectivity index (χ3n) is 10.7. The van der Waals surface area contributed by atoms with Crippen molar-refractivity contribution in [2.24, 2.45) is 0 Å². The molecule has 4 heteroatoms. The fraction of sp³-hybridized carbons (Fsp3) is 0.100. The molecule has 9 aromatic rings. The van der Waals surface area contributed by atoms with Crippen LogP contribution in [-0.4, -0.2) is 19.5 Å². The summed E-state index contributed by atoms with van der Waals surface area (Å²) in [5.74, 6) is 1.96. The van der Waals surface area contributed by atoms with Gasteiger partial charge in [0.15, 0.2) is 17.5 Å². The minimum absolute atomic E-state index is 0.0399. The highest BCUT2D eigenvalue weighted by Gasteiger charge is 2.35. The van der Waals surface area contributed by atoms with Crippen LogP contribution in [0.2, 0.25) is 0 Å². The normalized spacial score (nSPS) is 12.6. The van der Waals surface area contributed by atoms with Crippen molar-refractivity contribution in [3.63, 3.8) is 0 Å². The lowest BCUT2D eigenvalue weighted by Gasteiger charge is -2.22. The van der Waals surface area contributed by atoms with E-state index in [2.05, 4.69) is 128 Å². The Balaban J connectivity index is 0.00000189. The van der Waals surface area contributed by atoms with Crippen molar-refractivity contribution in [3.8, 4) is 62.1 Å². The average molecular weight is 697 g/mol. The SMILES string of the molecule is CC.CC1(C)c2ccccc2-c2ccc(-c3ccc4c(c3)c3ccccc3n4-c3ccc(-c4nc(-c5ccccc5)nc(-c5ccccc5)n4)cc3)cc21. The summed E-state index contributed by atoms with van der Waals surface area (Å²) in [7, 11) is 0. The molecule has 0 N–H and O–H groups in total. The van der Waals surface area contributed by atoms with Gasteiger partial charge >= 0.3 is 0 Å². The molecule has 0 fully saturated rings. The highest BCUT2D eigenvalue weighted by atomic mass is 15.0. The van der Waals surface area contributed by atoms with Gasteiger partial charge in [-0.1, -0.05) is 149 Å². The quantitative estimate of drug-likeness (QED) is 0.180. The smallest absolute Gasteiger partial charge is 0.164 e. The van der Waals surface area contributed by atoms with Crippen molar-refractivity contribution in [3.05, 3.63) is 181 Å². The molecular formula is C50H40N4. The van der Waals surface area contributed by atoms with E-state index in [1.807, 2.05) is 74.5 Å². The van der Waals surface area contributed by atoms with Gasteiger partial charge in [-0.15, -0.1) is 0 Å². The van der Waals surface area contributed by atoms with Gasteiger partial charge in [-0.3, -0.25) is 0 Å². The van der Waals surface area contributed by atoms with Crippen LogP contribution in [0.1, 0.15) is 38.8 Å². The second-order valence-electron chi connectivity index (χ2n) is 14.1. The fourth-order valence-electron chi connectivity index (χ4n) is 8.01. The van der Waals surface area contributed by atoms with Gasteiger partial charge < -0.3 is 4.57 Å². The van der Waals surface area contributed by atoms with Gasteiger partial charge in [0.2, 0.25) is 0 Å². The monoisotopic (exact) mass is 696 g/mol. The number of aromatic nitrogens is 4. The molecule has 0 radical (unpaired) electrons. The molecule has 0 unspecified atom stereocenters. The van der Waals surface area contributed by atoms with Crippen LogP contribution in [0.5, 0.6) is 0 Å². The van der Waals surface area contributed by atoms with Gasteiger partial charge in [-0.2, -0.15) is 0 Å². The number of fused-ring (bicyclic) bond motifs is 6. The third kappa shape index (κ3) is 5.50. The zero-order valence-electron chi connectivity index (χ0n) is 31.0. The predicted octanol–water partition coefficient (Wildman–Crippen LogP) is 13.0. The van der Waals surface area contributed by atoms with Gasteiger partial charge in [-0.05, 0) is 81.9 Å². The number of nitrogens with zero attached hydrogens (tertiary/aromatic N) is 4. The van der Waals surface area contributed by atoms with Crippen LogP contribution < -0.4 is 0 Å². The highest BCUT2D eigenvalue weighted by Crippen LogP contribution is 2.49. The number of para-hydroxylation sites is 1. The molecule has 0 amide bonds. The lowest BCUT2D eigenvalue weighted by atomic mass is 9.81. The summed E-state index contributed by atoms with van der Waals surface area (Å²) >= 11 is 0. The van der Waals surface area contributed by atoms with Crippen LogP contribution in [0, 0.1) is 0 Å². The molecule has 0 spiro atoms. The fourth-order valence-corrected chi connectivity index (χ4v) is 8.01. The van der Waals surface area contributed by atoms with Crippen LogP contribution in [0.15, 0.2) is 170 Å². The maximum absolute atomic E-state index is 4.94. The van der Waals surface area contributed by atoms with E-state index in [1.165, 1.54) is 55.2 Å². The van der Waals surface area contributed by atoms with E-state index in [9.17, 15) is 0 Å². The van der Waals surface area contributed by atoms with E-state index in [1.54, 1.807) is 0 Å². The van der Waals surface area contributed by atoms with Crippen molar-refractivity contribution in [1.29, 1.82) is 0 Å². The van der Waals surface area contributed by atoms with Crippen molar-refractivity contribution in [1.82, 2.24) is 19.5 Å². The van der Waals surface area contributed by atoms with E-state index in [0.717, 1.165) is 22.4 Å². The molecule has 0 atom stereocenters. The first-order valence-corrected chi connectivity index (χ1v) is 18.8. The molecule has 1 aliphatic rings. The lowest BCUT2D eigenvalue weighted by molar-refractivity contribution is 0.660. The molecule has 0 aliphatic heterocycles. The molecule has 2 aromatic heterocycles. The molecule has 0 saturated heterocycles. The van der Waals surface area contributed by atoms with Gasteiger partial charge in [0.25, 0.3) is 0 Å². The molecule has 1 aliphatic carbocycles. The summed E-state index contributed by atoms with van der Waals surface area (Å²) in [5, 5.41) is 2.47. The maximum atomic E-state index is 4.94. The Bertz CT molecular complexity index is 2740. The van der Waals surface area contributed by atoms with Crippen molar-refractivity contribution >= 4 is 21.8 Å². The topological polar surface area (TPSA) is 43.6 Å². The number of rotatable bonds is 5. The summed E-state index contributed by atoms with van der Waals surface area (Å²) in [4.78, 5) is 14.7.